The summed E-state index contributed by atoms with van der Waals surface area (Å²) in [6, 6.07) is 57.0. The minimum absolute atomic E-state index is 0.285. The maximum atomic E-state index is 7.01. The maximum absolute atomic E-state index is 7.01. The Morgan fingerprint density at radius 1 is 0.500 bits per heavy atom. The second-order valence-electron chi connectivity index (χ2n) is 15.3. The Morgan fingerprint density at radius 3 is 1.47 bits per heavy atom. The summed E-state index contributed by atoms with van der Waals surface area (Å²) < 4.78 is 12.9. The van der Waals surface area contributed by atoms with Crippen LogP contribution in [0.1, 0.15) is 34.8 Å². The van der Waals surface area contributed by atoms with Crippen LogP contribution in [0.5, 0.6) is 11.5 Å². The molecular weight excluding hydrogens is 737 g/mol. The fourth-order valence-electron chi connectivity index (χ4n) is 8.94. The van der Waals surface area contributed by atoms with Crippen molar-refractivity contribution in [3.63, 3.8) is 0 Å². The monoisotopic (exact) mass is 776 g/mol. The molecular formula is C54H40N4O2. The van der Waals surface area contributed by atoms with Gasteiger partial charge in [-0.15, -0.1) is 0 Å². The van der Waals surface area contributed by atoms with Crippen molar-refractivity contribution >= 4 is 45.9 Å². The third kappa shape index (κ3) is 6.21. The summed E-state index contributed by atoms with van der Waals surface area (Å²) in [5.74, 6) is 1.53. The molecule has 5 aromatic carbocycles. The van der Waals surface area contributed by atoms with Crippen LogP contribution in [0.3, 0.4) is 0 Å². The number of nitrogens with one attached hydrogen (secondary N) is 2. The molecule has 3 aliphatic heterocycles. The first-order valence-electron chi connectivity index (χ1n) is 20.4. The summed E-state index contributed by atoms with van der Waals surface area (Å²) >= 11 is 0. The standard InChI is InChI=1S/C54H40N4O2/c1-59-48-24-14-23-38-25-32-47(60-54(38)48)39-33-46-51(36-19-10-4-11-20-36)44-29-28-42(56-44)49(34-15-6-2-7-16-34)40-26-27-41(55-40)50(35-17-8-3-9-18-35)43-30-31-45(57-43)52(53(39)58-46)37-21-12-5-13-22-37/h2-24,26-31,33,47,56-57H,25,32H2,1H3. The van der Waals surface area contributed by atoms with Gasteiger partial charge in [-0.25, -0.2) is 9.97 Å². The molecule has 6 heterocycles. The summed E-state index contributed by atoms with van der Waals surface area (Å²) in [6.07, 6.45) is 7.88. The summed E-state index contributed by atoms with van der Waals surface area (Å²) in [5, 5.41) is 0. The number of aryl methyl sites for hydroxylation is 1. The Kier molecular flexibility index (Phi) is 8.81. The van der Waals surface area contributed by atoms with Crippen molar-refractivity contribution in [3.05, 3.63) is 192 Å². The first-order chi connectivity index (χ1) is 29.7. The van der Waals surface area contributed by atoms with Crippen LogP contribution in [0.25, 0.3) is 90.4 Å². The fourth-order valence-corrected chi connectivity index (χ4v) is 8.94. The van der Waals surface area contributed by atoms with Crippen LogP contribution in [0, 0.1) is 0 Å². The zero-order valence-electron chi connectivity index (χ0n) is 33.0. The summed E-state index contributed by atoms with van der Waals surface area (Å²) in [4.78, 5) is 18.9. The molecule has 0 saturated heterocycles. The van der Waals surface area contributed by atoms with Crippen LogP contribution in [-0.2, 0) is 6.42 Å². The maximum Gasteiger partial charge on any atom is 0.165 e. The molecule has 0 amide bonds. The van der Waals surface area contributed by atoms with Crippen molar-refractivity contribution in [3.8, 4) is 56.0 Å². The van der Waals surface area contributed by atoms with Crippen LogP contribution in [0.2, 0.25) is 0 Å². The van der Waals surface area contributed by atoms with Crippen LogP contribution in [-0.4, -0.2) is 33.1 Å². The molecule has 1 atom stereocenters. The van der Waals surface area contributed by atoms with Crippen molar-refractivity contribution in [2.45, 2.75) is 18.9 Å². The predicted octanol–water partition coefficient (Wildman–Crippen LogP) is 13.1. The van der Waals surface area contributed by atoms with Crippen molar-refractivity contribution in [2.75, 3.05) is 7.11 Å². The van der Waals surface area contributed by atoms with Gasteiger partial charge in [0.05, 0.1) is 29.9 Å². The zero-order valence-corrected chi connectivity index (χ0v) is 33.0. The summed E-state index contributed by atoms with van der Waals surface area (Å²) in [6.45, 7) is 0. The van der Waals surface area contributed by atoms with Crippen LogP contribution >= 0.6 is 0 Å². The van der Waals surface area contributed by atoms with Gasteiger partial charge < -0.3 is 19.4 Å². The number of rotatable bonds is 6. The topological polar surface area (TPSA) is 75.8 Å². The quantitative estimate of drug-likeness (QED) is 0.176. The Morgan fingerprint density at radius 2 is 0.967 bits per heavy atom. The third-order valence-corrected chi connectivity index (χ3v) is 11.7. The highest BCUT2D eigenvalue weighted by atomic mass is 16.5. The van der Waals surface area contributed by atoms with Crippen LogP contribution in [0.4, 0.5) is 0 Å². The molecule has 6 heteroatoms. The van der Waals surface area contributed by atoms with E-state index >= 15 is 0 Å². The molecule has 2 N–H and O–H groups in total. The second-order valence-corrected chi connectivity index (χ2v) is 15.3. The number of aromatic nitrogens is 4. The molecule has 60 heavy (non-hydrogen) atoms. The van der Waals surface area contributed by atoms with Gasteiger partial charge in [-0.1, -0.05) is 133 Å². The minimum Gasteiger partial charge on any atom is -0.493 e. The number of methoxy groups -OCH3 is 1. The van der Waals surface area contributed by atoms with E-state index in [4.69, 9.17) is 19.4 Å². The van der Waals surface area contributed by atoms with Crippen molar-refractivity contribution in [1.82, 2.24) is 19.9 Å². The molecule has 0 aliphatic carbocycles. The highest BCUT2D eigenvalue weighted by Crippen LogP contribution is 2.45. The molecule has 3 aromatic heterocycles. The summed E-state index contributed by atoms with van der Waals surface area (Å²) in [5.41, 5.74) is 17.8. The lowest BCUT2D eigenvalue weighted by molar-refractivity contribution is 0.216. The second kappa shape index (κ2) is 14.9. The largest absolute Gasteiger partial charge is 0.493 e. The molecule has 6 nitrogen and oxygen atoms in total. The zero-order chi connectivity index (χ0) is 40.0. The third-order valence-electron chi connectivity index (χ3n) is 11.7. The van der Waals surface area contributed by atoms with Gasteiger partial charge in [0.2, 0.25) is 0 Å². The van der Waals surface area contributed by atoms with Gasteiger partial charge in [-0.3, -0.25) is 0 Å². The molecule has 0 fully saturated rings. The van der Waals surface area contributed by atoms with E-state index in [0.717, 1.165) is 125 Å². The average Bonchev–Trinajstić information content (AvgIpc) is 4.15. The van der Waals surface area contributed by atoms with E-state index < -0.39 is 0 Å². The molecule has 8 aromatic rings. The van der Waals surface area contributed by atoms with Crippen LogP contribution < -0.4 is 9.47 Å². The Balaban J connectivity index is 1.30. The highest BCUT2D eigenvalue weighted by molar-refractivity contribution is 6.02. The lowest BCUT2D eigenvalue weighted by atomic mass is 9.92. The van der Waals surface area contributed by atoms with E-state index in [2.05, 4.69) is 180 Å². The number of ether oxygens (including phenoxy) is 2. The number of fused-ring (bicyclic) bond motifs is 9. The van der Waals surface area contributed by atoms with Gasteiger partial charge in [0.15, 0.2) is 11.5 Å². The highest BCUT2D eigenvalue weighted by Gasteiger charge is 2.32. The molecule has 0 spiro atoms. The smallest absolute Gasteiger partial charge is 0.165 e. The van der Waals surface area contributed by atoms with Gasteiger partial charge in [-0.05, 0) is 89.2 Å². The molecule has 0 radical (unpaired) electrons. The molecule has 0 saturated carbocycles. The van der Waals surface area contributed by atoms with E-state index in [1.807, 2.05) is 12.1 Å². The number of para-hydroxylation sites is 1. The van der Waals surface area contributed by atoms with Crippen molar-refractivity contribution in [1.29, 1.82) is 0 Å². The number of benzene rings is 5. The van der Waals surface area contributed by atoms with Gasteiger partial charge in [-0.2, -0.15) is 0 Å². The van der Waals surface area contributed by atoms with Gasteiger partial charge in [0.25, 0.3) is 0 Å². The lowest BCUT2D eigenvalue weighted by Crippen LogP contribution is -2.24. The molecule has 11 rings (SSSR count). The van der Waals surface area contributed by atoms with Crippen molar-refractivity contribution in [2.24, 2.45) is 0 Å². The average molecular weight is 777 g/mol. The van der Waals surface area contributed by atoms with E-state index in [1.54, 1.807) is 7.11 Å². The fraction of sp³-hybridized carbons (Fsp3) is 0.0741. The molecule has 8 bridgehead atoms. The number of nitrogens with zero attached hydrogens (tertiary/aromatic N) is 2. The van der Waals surface area contributed by atoms with E-state index in [0.29, 0.717) is 0 Å². The lowest BCUT2D eigenvalue weighted by Gasteiger charge is -2.28. The Hall–Kier alpha value is -7.70. The molecule has 1 unspecified atom stereocenters. The van der Waals surface area contributed by atoms with Gasteiger partial charge in [0.1, 0.15) is 6.10 Å². The number of H-pyrrole nitrogens is 2. The normalized spacial score (nSPS) is 14.3. The SMILES string of the molecule is COc1cccc2c1OC(C1=Cc3nc1c(-c1ccccc1)c1ccc([nH]1)c(-c1ccccc1)c1nc(c(-c4ccccc4)c4ccc([nH]4)c3-c3ccccc3)C=C1)CC2. The first kappa shape index (κ1) is 35.5. The van der Waals surface area contributed by atoms with E-state index in [-0.39, 0.29) is 6.10 Å². The van der Waals surface area contributed by atoms with Crippen LogP contribution in [0.15, 0.2) is 164 Å². The Labute approximate surface area is 348 Å². The van der Waals surface area contributed by atoms with E-state index in [9.17, 15) is 0 Å². The molecule has 3 aliphatic rings. The predicted molar refractivity (Wildman–Crippen MR) is 245 cm³/mol. The number of hydrogen-bond acceptors (Lipinski definition) is 4. The number of hydrogen-bond donors (Lipinski definition) is 2. The van der Waals surface area contributed by atoms with Crippen molar-refractivity contribution < 1.29 is 9.47 Å². The number of aromatic amines is 2. The first-order valence-corrected chi connectivity index (χ1v) is 20.4. The van der Waals surface area contributed by atoms with Gasteiger partial charge in [0, 0.05) is 49.9 Å². The molecule has 288 valence electrons. The summed E-state index contributed by atoms with van der Waals surface area (Å²) in [7, 11) is 1.70. The Bertz CT molecular complexity index is 3130. The minimum atomic E-state index is -0.285. The van der Waals surface area contributed by atoms with E-state index in [1.165, 1.54) is 0 Å². The van der Waals surface area contributed by atoms with Gasteiger partial charge >= 0.3 is 0 Å².